The molecule has 2 N–H and O–H groups in total. The van der Waals surface area contributed by atoms with Crippen molar-refractivity contribution in [2.45, 2.75) is 43.9 Å². The van der Waals surface area contributed by atoms with Gasteiger partial charge in [-0.15, -0.1) is 23.1 Å². The van der Waals surface area contributed by atoms with E-state index in [0.717, 1.165) is 22.5 Å². The molecule has 3 aromatic rings. The van der Waals surface area contributed by atoms with Crippen molar-refractivity contribution in [1.82, 2.24) is 15.2 Å². The van der Waals surface area contributed by atoms with Crippen LogP contribution in [0.3, 0.4) is 0 Å². The van der Waals surface area contributed by atoms with Gasteiger partial charge in [-0.2, -0.15) is 0 Å². The molecule has 13 nitrogen and oxygen atoms in total. The van der Waals surface area contributed by atoms with Crippen molar-refractivity contribution in [3.63, 3.8) is 0 Å². The van der Waals surface area contributed by atoms with Crippen LogP contribution in [0.2, 0.25) is 0 Å². The zero-order valence-electron chi connectivity index (χ0n) is 27.3. The zero-order chi connectivity index (χ0) is 35.1. The molecule has 0 radical (unpaired) electrons. The summed E-state index contributed by atoms with van der Waals surface area (Å²) in [7, 11) is 2.82. The quantitative estimate of drug-likeness (QED) is 0.0840. The molecule has 1 saturated heterocycles. The molecule has 3 amide bonds. The largest absolute Gasteiger partial charge is 0.448 e. The van der Waals surface area contributed by atoms with Gasteiger partial charge in [0.2, 0.25) is 0 Å². The summed E-state index contributed by atoms with van der Waals surface area (Å²) in [5.41, 5.74) is 0.849. The lowest BCUT2D eigenvalue weighted by Crippen LogP contribution is -2.71. The summed E-state index contributed by atoms with van der Waals surface area (Å²) in [6.45, 7) is 5.19. The number of rotatable bonds is 12. The number of nitrogens with zero attached hydrogens (tertiary/aromatic N) is 3. The van der Waals surface area contributed by atoms with E-state index in [1.165, 1.54) is 40.9 Å². The van der Waals surface area contributed by atoms with E-state index in [1.807, 2.05) is 60.7 Å². The third kappa shape index (κ3) is 8.62. The van der Waals surface area contributed by atoms with Crippen molar-refractivity contribution in [3.05, 3.63) is 93.5 Å². The van der Waals surface area contributed by atoms with E-state index in [9.17, 15) is 19.2 Å². The van der Waals surface area contributed by atoms with E-state index in [4.69, 9.17) is 19.0 Å². The van der Waals surface area contributed by atoms with Crippen LogP contribution in [0.25, 0.3) is 0 Å². The first-order valence-corrected chi connectivity index (χ1v) is 17.9. The van der Waals surface area contributed by atoms with E-state index in [1.54, 1.807) is 27.9 Å². The van der Waals surface area contributed by atoms with Gasteiger partial charge >= 0.3 is 12.1 Å². The predicted molar refractivity (Wildman–Crippen MR) is 188 cm³/mol. The number of hydrogen-bond acceptors (Lipinski definition) is 13. The average Bonchev–Trinajstić information content (AvgIpc) is 3.54. The number of nitrogens with one attached hydrogen (secondary N) is 2. The Balaban J connectivity index is 1.34. The van der Waals surface area contributed by atoms with Gasteiger partial charge in [0.15, 0.2) is 16.9 Å². The third-order valence-electron chi connectivity index (χ3n) is 6.95. The standard InChI is InChI=1S/C33H35N5O8S3/c1-33(2,3)46-32(42)36-31-34-21(16-48-31)23(37-44-5)27(39)35-24-28(40)38-25(22(49-18-43-4)17-47-29(24)38)30(41)45-26(19-12-8-6-9-13-19)20-14-10-7-11-15-20/h6-16,24,26,29H,17-18H2,1-5H3,(H,35,39)(H,34,36,42)/b37-23-/t24-,29-/m1/s1. The number of anilines is 1. The van der Waals surface area contributed by atoms with Crippen LogP contribution in [0.1, 0.15) is 43.7 Å². The summed E-state index contributed by atoms with van der Waals surface area (Å²) in [6, 6.07) is 17.7. The van der Waals surface area contributed by atoms with Gasteiger partial charge in [-0.1, -0.05) is 77.6 Å². The van der Waals surface area contributed by atoms with Crippen molar-refractivity contribution in [1.29, 1.82) is 0 Å². The van der Waals surface area contributed by atoms with Crippen LogP contribution in [0, 0.1) is 0 Å². The number of aromatic nitrogens is 1. The SMILES string of the molecule is COCSC1=C(C(=O)OC(c2ccccc2)c2ccccc2)N2C(=O)[C@@H](NC(=O)/C(=N\OC)c3csc(NC(=O)OC(C)(C)C)n3)[C@H]2SC1. The highest BCUT2D eigenvalue weighted by Gasteiger charge is 2.55. The maximum Gasteiger partial charge on any atom is 0.413 e. The molecular weight excluding hydrogens is 691 g/mol. The van der Waals surface area contributed by atoms with Crippen LogP contribution in [0.4, 0.5) is 9.93 Å². The Kier molecular flexibility index (Phi) is 11.6. The topological polar surface area (TPSA) is 158 Å². The Morgan fingerprint density at radius 3 is 2.31 bits per heavy atom. The van der Waals surface area contributed by atoms with Gasteiger partial charge in [0.1, 0.15) is 35.5 Å². The minimum Gasteiger partial charge on any atom is -0.448 e. The molecule has 16 heteroatoms. The molecule has 1 aromatic heterocycles. The van der Waals surface area contributed by atoms with Crippen LogP contribution in [-0.2, 0) is 33.4 Å². The number of hydrogen-bond donors (Lipinski definition) is 2. The van der Waals surface area contributed by atoms with E-state index >= 15 is 0 Å². The smallest absolute Gasteiger partial charge is 0.413 e. The predicted octanol–water partition coefficient (Wildman–Crippen LogP) is 5.12. The van der Waals surface area contributed by atoms with Crippen LogP contribution in [-0.4, -0.2) is 82.4 Å². The number of benzene rings is 2. The molecule has 1 fully saturated rings. The molecule has 258 valence electrons. The van der Waals surface area contributed by atoms with Crippen molar-refractivity contribution in [3.8, 4) is 0 Å². The molecule has 3 heterocycles. The summed E-state index contributed by atoms with van der Waals surface area (Å²) in [5.74, 6) is -1.25. The van der Waals surface area contributed by atoms with E-state index in [-0.39, 0.29) is 28.2 Å². The van der Waals surface area contributed by atoms with Crippen molar-refractivity contribution >= 4 is 69.6 Å². The maximum absolute atomic E-state index is 14.0. The Morgan fingerprint density at radius 1 is 1.06 bits per heavy atom. The number of esters is 1. The highest BCUT2D eigenvalue weighted by Crippen LogP contribution is 2.44. The normalized spacial score (nSPS) is 17.6. The molecule has 2 aliphatic rings. The summed E-state index contributed by atoms with van der Waals surface area (Å²) in [6.07, 6.45) is -1.43. The summed E-state index contributed by atoms with van der Waals surface area (Å²) in [5, 5.41) is 10.2. The van der Waals surface area contributed by atoms with Gasteiger partial charge in [-0.05, 0) is 31.9 Å². The zero-order valence-corrected chi connectivity index (χ0v) is 29.8. The molecule has 0 saturated carbocycles. The van der Waals surface area contributed by atoms with Crippen LogP contribution in [0.15, 0.2) is 81.8 Å². The second kappa shape index (κ2) is 15.9. The highest BCUT2D eigenvalue weighted by atomic mass is 32.2. The fourth-order valence-electron chi connectivity index (χ4n) is 4.90. The molecular formula is C33H35N5O8S3. The minimum atomic E-state index is -0.978. The lowest BCUT2D eigenvalue weighted by atomic mass is 10.0. The molecule has 0 aliphatic carbocycles. The molecule has 2 atom stereocenters. The number of oxime groups is 1. The van der Waals surface area contributed by atoms with Gasteiger partial charge in [0.05, 0.1) is 5.94 Å². The monoisotopic (exact) mass is 725 g/mol. The fourth-order valence-corrected chi connectivity index (χ4v) is 7.90. The minimum absolute atomic E-state index is 0.112. The van der Waals surface area contributed by atoms with Crippen LogP contribution >= 0.6 is 34.9 Å². The van der Waals surface area contributed by atoms with E-state index in [0.29, 0.717) is 10.7 Å². The average molecular weight is 726 g/mol. The first kappa shape index (κ1) is 35.9. The fraction of sp³-hybridized carbons (Fsp3) is 0.333. The summed E-state index contributed by atoms with van der Waals surface area (Å²) < 4.78 is 16.7. The van der Waals surface area contributed by atoms with Gasteiger partial charge in [0.25, 0.3) is 11.8 Å². The van der Waals surface area contributed by atoms with Crippen molar-refractivity contribution < 1.29 is 38.2 Å². The van der Waals surface area contributed by atoms with Gasteiger partial charge in [-0.3, -0.25) is 19.8 Å². The third-order valence-corrected chi connectivity index (χ3v) is 10.2. The van der Waals surface area contributed by atoms with Gasteiger partial charge in [-0.25, -0.2) is 14.6 Å². The lowest BCUT2D eigenvalue weighted by Gasteiger charge is -2.49. The second-order valence-electron chi connectivity index (χ2n) is 11.6. The number of thiazole rings is 1. The first-order chi connectivity index (χ1) is 23.5. The van der Waals surface area contributed by atoms with Crippen LogP contribution < -0.4 is 10.6 Å². The Bertz CT molecular complexity index is 1700. The van der Waals surface area contributed by atoms with Crippen LogP contribution in [0.5, 0.6) is 0 Å². The number of carbonyl (C=O) groups is 4. The first-order valence-electron chi connectivity index (χ1n) is 15.0. The molecule has 0 bridgehead atoms. The highest BCUT2D eigenvalue weighted by molar-refractivity contribution is 8.06. The molecule has 49 heavy (non-hydrogen) atoms. The molecule has 2 aliphatic heterocycles. The number of fused-ring (bicyclic) bond motifs is 1. The van der Waals surface area contributed by atoms with E-state index < -0.39 is 47.0 Å². The number of β-lactam (4-membered cyclic amide) rings is 1. The van der Waals surface area contributed by atoms with Gasteiger partial charge < -0.3 is 24.4 Å². The van der Waals surface area contributed by atoms with Gasteiger partial charge in [0, 0.05) is 23.1 Å². The Hall–Kier alpha value is -4.38. The number of thioether (sulfide) groups is 2. The van der Waals surface area contributed by atoms with E-state index in [2.05, 4.69) is 20.8 Å². The number of methoxy groups -OCH3 is 1. The number of ether oxygens (including phenoxy) is 3. The van der Waals surface area contributed by atoms with Crippen molar-refractivity contribution in [2.24, 2.45) is 5.16 Å². The number of amides is 3. The maximum atomic E-state index is 14.0. The Labute approximate surface area is 295 Å². The Morgan fingerprint density at radius 2 is 1.71 bits per heavy atom. The molecule has 5 rings (SSSR count). The second-order valence-corrected chi connectivity index (χ2v) is 14.6. The summed E-state index contributed by atoms with van der Waals surface area (Å²) >= 11 is 3.75. The molecule has 0 spiro atoms. The molecule has 0 unspecified atom stereocenters. The molecule has 2 aromatic carbocycles. The summed E-state index contributed by atoms with van der Waals surface area (Å²) in [4.78, 5) is 64.6. The van der Waals surface area contributed by atoms with Crippen molar-refractivity contribution in [2.75, 3.05) is 31.2 Å². The lowest BCUT2D eigenvalue weighted by molar-refractivity contribution is -0.154. The number of carbonyl (C=O) groups excluding carboxylic acids is 4.